The summed E-state index contributed by atoms with van der Waals surface area (Å²) in [6.07, 6.45) is 0.977. The molecular formula is C12H18NO2+. The Morgan fingerprint density at radius 3 is 2.47 bits per heavy atom. The summed E-state index contributed by atoms with van der Waals surface area (Å²) in [5, 5.41) is 19.0. The lowest BCUT2D eigenvalue weighted by molar-refractivity contribution is 0.306. The fraction of sp³-hybridized carbons (Fsp3) is 0.500. The summed E-state index contributed by atoms with van der Waals surface area (Å²) in [6.45, 7) is 3.28. The van der Waals surface area contributed by atoms with Crippen molar-refractivity contribution in [3.8, 4) is 11.5 Å². The van der Waals surface area contributed by atoms with E-state index in [2.05, 4.69) is 21.0 Å². The first-order chi connectivity index (χ1) is 6.90. The average Bonchev–Trinajstić information content (AvgIpc) is 2.07. The van der Waals surface area contributed by atoms with Crippen molar-refractivity contribution in [3.63, 3.8) is 0 Å². The van der Waals surface area contributed by atoms with Gasteiger partial charge in [-0.3, -0.25) is 4.48 Å². The third kappa shape index (κ3) is 1.67. The first-order valence-corrected chi connectivity index (χ1v) is 5.28. The van der Waals surface area contributed by atoms with Crippen LogP contribution in [0.4, 0.5) is 5.69 Å². The van der Waals surface area contributed by atoms with Crippen molar-refractivity contribution in [2.45, 2.75) is 13.3 Å². The van der Waals surface area contributed by atoms with E-state index in [-0.39, 0.29) is 11.5 Å². The van der Waals surface area contributed by atoms with E-state index in [9.17, 15) is 10.2 Å². The van der Waals surface area contributed by atoms with Gasteiger partial charge in [-0.2, -0.15) is 0 Å². The maximum absolute atomic E-state index is 9.51. The number of quaternary nitrogens is 1. The van der Waals surface area contributed by atoms with Crippen LogP contribution in [-0.4, -0.2) is 30.9 Å². The molecule has 3 nitrogen and oxygen atoms in total. The molecule has 15 heavy (non-hydrogen) atoms. The minimum absolute atomic E-state index is 0.0112. The third-order valence-corrected chi connectivity index (χ3v) is 3.16. The molecule has 2 rings (SSSR count). The minimum Gasteiger partial charge on any atom is -0.504 e. The summed E-state index contributed by atoms with van der Waals surface area (Å²) in [6, 6.07) is 3.39. The van der Waals surface area contributed by atoms with Gasteiger partial charge >= 0.3 is 0 Å². The zero-order chi connectivity index (χ0) is 11.2. The minimum atomic E-state index is -0.0190. The SMILES string of the molecule is CC1Cc2cc(O)c(O)cc2[N+](C)(C)C1. The van der Waals surface area contributed by atoms with Crippen LogP contribution in [0.15, 0.2) is 12.1 Å². The number of phenols is 2. The van der Waals surface area contributed by atoms with Crippen LogP contribution in [0.5, 0.6) is 11.5 Å². The van der Waals surface area contributed by atoms with E-state index in [1.165, 1.54) is 0 Å². The standard InChI is InChI=1S/C12H17NO2/c1-8-4-9-5-11(14)12(15)6-10(9)13(2,3)7-8/h5-6,8H,4,7H2,1-3H3,(H-,14,15)/p+1. The molecule has 1 aromatic rings. The lowest BCUT2D eigenvalue weighted by atomic mass is 9.92. The molecule has 1 heterocycles. The van der Waals surface area contributed by atoms with E-state index in [0.29, 0.717) is 5.92 Å². The predicted molar refractivity (Wildman–Crippen MR) is 61.1 cm³/mol. The molecule has 1 aromatic carbocycles. The molecule has 0 radical (unpaired) electrons. The van der Waals surface area contributed by atoms with Gasteiger partial charge in [-0.15, -0.1) is 0 Å². The molecule has 1 aliphatic rings. The van der Waals surface area contributed by atoms with Crippen LogP contribution in [0.2, 0.25) is 0 Å². The highest BCUT2D eigenvalue weighted by Crippen LogP contribution is 2.39. The molecule has 0 aromatic heterocycles. The second kappa shape index (κ2) is 3.14. The van der Waals surface area contributed by atoms with Gasteiger partial charge in [0.2, 0.25) is 0 Å². The first-order valence-electron chi connectivity index (χ1n) is 5.28. The maximum atomic E-state index is 9.51. The molecule has 1 aliphatic heterocycles. The van der Waals surface area contributed by atoms with Crippen LogP contribution in [0.3, 0.4) is 0 Å². The molecule has 1 atom stereocenters. The molecule has 0 amide bonds. The second-order valence-electron chi connectivity index (χ2n) is 5.15. The van der Waals surface area contributed by atoms with E-state index >= 15 is 0 Å². The molecule has 0 spiro atoms. The van der Waals surface area contributed by atoms with Crippen molar-refractivity contribution in [2.24, 2.45) is 5.92 Å². The van der Waals surface area contributed by atoms with Gasteiger partial charge in [-0.1, -0.05) is 6.92 Å². The molecule has 2 N–H and O–H groups in total. The van der Waals surface area contributed by atoms with Gasteiger partial charge in [-0.25, -0.2) is 0 Å². The summed E-state index contributed by atoms with van der Waals surface area (Å²) in [7, 11) is 4.26. The molecule has 0 aliphatic carbocycles. The quantitative estimate of drug-likeness (QED) is 0.504. The summed E-state index contributed by atoms with van der Waals surface area (Å²) in [5.74, 6) is 0.578. The number of hydrogen-bond donors (Lipinski definition) is 2. The van der Waals surface area contributed by atoms with Crippen molar-refractivity contribution in [1.82, 2.24) is 4.48 Å². The fourth-order valence-corrected chi connectivity index (χ4v) is 2.65. The van der Waals surface area contributed by atoms with Crippen molar-refractivity contribution in [3.05, 3.63) is 17.7 Å². The number of hydrogen-bond acceptors (Lipinski definition) is 2. The number of benzene rings is 1. The molecular weight excluding hydrogens is 190 g/mol. The van der Waals surface area contributed by atoms with Crippen LogP contribution in [-0.2, 0) is 6.42 Å². The number of nitrogens with zero attached hydrogens (tertiary/aromatic N) is 1. The van der Waals surface area contributed by atoms with Crippen LogP contribution >= 0.6 is 0 Å². The van der Waals surface area contributed by atoms with Crippen LogP contribution in [0.25, 0.3) is 0 Å². The highest BCUT2D eigenvalue weighted by atomic mass is 16.3. The number of aromatic hydroxyl groups is 2. The zero-order valence-corrected chi connectivity index (χ0v) is 9.49. The topological polar surface area (TPSA) is 40.5 Å². The Balaban J connectivity index is 2.58. The molecule has 0 saturated carbocycles. The van der Waals surface area contributed by atoms with E-state index in [1.807, 2.05) is 0 Å². The zero-order valence-electron chi connectivity index (χ0n) is 9.49. The van der Waals surface area contributed by atoms with Crippen LogP contribution in [0, 0.1) is 5.92 Å². The monoisotopic (exact) mass is 208 g/mol. The van der Waals surface area contributed by atoms with E-state index in [1.54, 1.807) is 12.1 Å². The van der Waals surface area contributed by atoms with Gasteiger partial charge in [0.05, 0.1) is 20.6 Å². The highest BCUT2D eigenvalue weighted by Gasteiger charge is 2.32. The van der Waals surface area contributed by atoms with Crippen molar-refractivity contribution >= 4 is 5.69 Å². The molecule has 0 bridgehead atoms. The van der Waals surface area contributed by atoms with Gasteiger partial charge in [0.1, 0.15) is 5.69 Å². The van der Waals surface area contributed by atoms with Gasteiger partial charge in [0.25, 0.3) is 0 Å². The van der Waals surface area contributed by atoms with Crippen molar-refractivity contribution in [1.29, 1.82) is 0 Å². The summed E-state index contributed by atoms with van der Waals surface area (Å²) in [5.41, 5.74) is 2.26. The van der Waals surface area contributed by atoms with Crippen molar-refractivity contribution < 1.29 is 10.2 Å². The Labute approximate surface area is 90.2 Å². The largest absolute Gasteiger partial charge is 0.504 e. The summed E-state index contributed by atoms with van der Waals surface area (Å²) >= 11 is 0. The van der Waals surface area contributed by atoms with Crippen LogP contribution < -0.4 is 4.48 Å². The van der Waals surface area contributed by atoms with E-state index < -0.39 is 0 Å². The normalized spacial score (nSPS) is 23.5. The molecule has 82 valence electrons. The van der Waals surface area contributed by atoms with Gasteiger partial charge < -0.3 is 10.2 Å². The Kier molecular flexibility index (Phi) is 2.15. The predicted octanol–water partition coefficient (Wildman–Crippen LogP) is 1.86. The van der Waals surface area contributed by atoms with Gasteiger partial charge in [-0.05, 0) is 12.5 Å². The van der Waals surface area contributed by atoms with E-state index in [0.717, 1.165) is 28.7 Å². The summed E-state index contributed by atoms with van der Waals surface area (Å²) < 4.78 is 0.768. The van der Waals surface area contributed by atoms with Gasteiger partial charge in [0.15, 0.2) is 11.5 Å². The molecule has 1 unspecified atom stereocenters. The Bertz CT molecular complexity index is 399. The highest BCUT2D eigenvalue weighted by molar-refractivity contribution is 5.60. The number of rotatable bonds is 0. The average molecular weight is 208 g/mol. The Morgan fingerprint density at radius 2 is 1.80 bits per heavy atom. The lowest BCUT2D eigenvalue weighted by Crippen LogP contribution is -2.47. The fourth-order valence-electron chi connectivity index (χ4n) is 2.65. The van der Waals surface area contributed by atoms with Gasteiger partial charge in [0, 0.05) is 17.5 Å². The molecule has 3 heteroatoms. The lowest BCUT2D eigenvalue weighted by Gasteiger charge is -2.37. The van der Waals surface area contributed by atoms with Crippen LogP contribution in [0.1, 0.15) is 12.5 Å². The smallest absolute Gasteiger partial charge is 0.163 e. The number of phenolic OH excluding ortho intramolecular Hbond substituents is 2. The first kappa shape index (κ1) is 10.3. The second-order valence-corrected chi connectivity index (χ2v) is 5.15. The third-order valence-electron chi connectivity index (χ3n) is 3.16. The maximum Gasteiger partial charge on any atom is 0.163 e. The van der Waals surface area contributed by atoms with E-state index in [4.69, 9.17) is 0 Å². The van der Waals surface area contributed by atoms with Crippen molar-refractivity contribution in [2.75, 3.05) is 20.6 Å². The number of fused-ring (bicyclic) bond motifs is 1. The Hall–Kier alpha value is -1.22. The molecule has 0 fully saturated rings. The Morgan fingerprint density at radius 1 is 1.20 bits per heavy atom. The summed E-state index contributed by atoms with van der Waals surface area (Å²) in [4.78, 5) is 0. The molecule has 0 saturated heterocycles.